The van der Waals surface area contributed by atoms with Crippen LogP contribution in [0.5, 0.6) is 0 Å². The number of ether oxygens (including phenoxy) is 1. The van der Waals surface area contributed by atoms with Crippen LogP contribution in [0.3, 0.4) is 0 Å². The van der Waals surface area contributed by atoms with Gasteiger partial charge in [-0.05, 0) is 44.9 Å². The van der Waals surface area contributed by atoms with Gasteiger partial charge in [0.05, 0.1) is 24.5 Å². The number of pyridine rings is 1. The van der Waals surface area contributed by atoms with Gasteiger partial charge >= 0.3 is 0 Å². The van der Waals surface area contributed by atoms with Gasteiger partial charge in [-0.2, -0.15) is 5.10 Å². The minimum absolute atomic E-state index is 0.0461. The average Bonchev–Trinajstić information content (AvgIpc) is 3.34. The minimum Gasteiger partial charge on any atom is -0.381 e. The number of carbonyl (C=O) groups is 1. The molecule has 7 heteroatoms. The predicted molar refractivity (Wildman–Crippen MR) is 117 cm³/mol. The van der Waals surface area contributed by atoms with E-state index in [-0.39, 0.29) is 11.8 Å². The second kappa shape index (κ2) is 8.30. The number of fused-ring (bicyclic) bond motifs is 3. The molecule has 31 heavy (non-hydrogen) atoms. The summed E-state index contributed by atoms with van der Waals surface area (Å²) in [6.07, 6.45) is 7.62. The Morgan fingerprint density at radius 1 is 1.19 bits per heavy atom. The lowest BCUT2D eigenvalue weighted by Crippen LogP contribution is -2.37. The van der Waals surface area contributed by atoms with Crippen molar-refractivity contribution in [2.75, 3.05) is 13.2 Å². The van der Waals surface area contributed by atoms with E-state index < -0.39 is 0 Å². The average molecular weight is 420 g/mol. The molecule has 0 unspecified atom stereocenters. The van der Waals surface area contributed by atoms with E-state index in [1.165, 1.54) is 0 Å². The fourth-order valence-electron chi connectivity index (χ4n) is 4.69. The molecular weight excluding hydrogens is 390 g/mol. The molecule has 5 heterocycles. The van der Waals surface area contributed by atoms with E-state index in [1.807, 2.05) is 27.8 Å². The SMILES string of the molecule is CC(C)n1ccc2c1CN(C(=O)C1CCOCC1)Cc1cn(Cc3ccccn3)nc1-2. The van der Waals surface area contributed by atoms with Crippen LogP contribution < -0.4 is 0 Å². The van der Waals surface area contributed by atoms with Crippen LogP contribution in [0.1, 0.15) is 49.7 Å². The molecule has 1 saturated heterocycles. The van der Waals surface area contributed by atoms with Crippen LogP contribution in [0.2, 0.25) is 0 Å². The van der Waals surface area contributed by atoms with Crippen LogP contribution in [0, 0.1) is 5.92 Å². The number of hydrogen-bond donors (Lipinski definition) is 0. The zero-order chi connectivity index (χ0) is 21.4. The minimum atomic E-state index is 0.0461. The van der Waals surface area contributed by atoms with Crippen molar-refractivity contribution in [2.24, 2.45) is 5.92 Å². The summed E-state index contributed by atoms with van der Waals surface area (Å²) >= 11 is 0. The molecule has 5 rings (SSSR count). The Morgan fingerprint density at radius 3 is 2.77 bits per heavy atom. The zero-order valence-corrected chi connectivity index (χ0v) is 18.2. The summed E-state index contributed by atoms with van der Waals surface area (Å²) in [5, 5.41) is 4.93. The highest BCUT2D eigenvalue weighted by Crippen LogP contribution is 2.35. The van der Waals surface area contributed by atoms with E-state index in [1.54, 1.807) is 6.20 Å². The molecule has 0 N–H and O–H groups in total. The number of rotatable bonds is 4. The fourth-order valence-corrected chi connectivity index (χ4v) is 4.69. The van der Waals surface area contributed by atoms with Crippen LogP contribution in [0.25, 0.3) is 11.3 Å². The summed E-state index contributed by atoms with van der Waals surface area (Å²) in [7, 11) is 0. The van der Waals surface area contributed by atoms with E-state index in [4.69, 9.17) is 9.84 Å². The van der Waals surface area contributed by atoms with E-state index in [0.29, 0.717) is 38.9 Å². The molecule has 0 spiro atoms. The van der Waals surface area contributed by atoms with Crippen molar-refractivity contribution in [1.29, 1.82) is 0 Å². The number of amides is 1. The van der Waals surface area contributed by atoms with Gasteiger partial charge in [-0.3, -0.25) is 14.5 Å². The number of hydrogen-bond acceptors (Lipinski definition) is 4. The molecule has 3 aromatic heterocycles. The highest BCUT2D eigenvalue weighted by atomic mass is 16.5. The molecule has 7 nitrogen and oxygen atoms in total. The Kier molecular flexibility index (Phi) is 5.36. The number of nitrogens with zero attached hydrogens (tertiary/aromatic N) is 5. The first-order valence-corrected chi connectivity index (χ1v) is 11.1. The summed E-state index contributed by atoms with van der Waals surface area (Å²) in [6.45, 7) is 7.51. The Labute approximate surface area is 182 Å². The summed E-state index contributed by atoms with van der Waals surface area (Å²) in [5.41, 5.74) is 5.34. The van der Waals surface area contributed by atoms with Crippen molar-refractivity contribution in [2.45, 2.75) is 52.4 Å². The fraction of sp³-hybridized carbons (Fsp3) is 0.458. The molecule has 1 fully saturated rings. The lowest BCUT2D eigenvalue weighted by Gasteiger charge is -2.29. The predicted octanol–water partition coefficient (Wildman–Crippen LogP) is 3.64. The van der Waals surface area contributed by atoms with E-state index in [0.717, 1.165) is 41.1 Å². The van der Waals surface area contributed by atoms with Crippen LogP contribution in [0.15, 0.2) is 42.9 Å². The third-order valence-corrected chi connectivity index (χ3v) is 6.31. The maximum Gasteiger partial charge on any atom is 0.226 e. The van der Waals surface area contributed by atoms with Gasteiger partial charge in [0, 0.05) is 67.1 Å². The highest BCUT2D eigenvalue weighted by molar-refractivity contribution is 5.80. The highest BCUT2D eigenvalue weighted by Gasteiger charge is 2.32. The second-order valence-electron chi connectivity index (χ2n) is 8.78. The molecule has 0 bridgehead atoms. The molecule has 0 saturated carbocycles. The Bertz CT molecular complexity index is 1060. The third kappa shape index (κ3) is 3.90. The molecule has 0 aliphatic carbocycles. The molecule has 0 atom stereocenters. The van der Waals surface area contributed by atoms with E-state index in [2.05, 4.69) is 41.9 Å². The maximum absolute atomic E-state index is 13.5. The molecule has 2 aliphatic heterocycles. The van der Waals surface area contributed by atoms with Gasteiger partial charge in [-0.15, -0.1) is 0 Å². The van der Waals surface area contributed by atoms with Gasteiger partial charge in [0.1, 0.15) is 0 Å². The summed E-state index contributed by atoms with van der Waals surface area (Å²) in [5.74, 6) is 0.279. The second-order valence-corrected chi connectivity index (χ2v) is 8.78. The van der Waals surface area contributed by atoms with Crippen LogP contribution in [0.4, 0.5) is 0 Å². The van der Waals surface area contributed by atoms with Crippen molar-refractivity contribution < 1.29 is 9.53 Å². The normalized spacial score (nSPS) is 16.8. The van der Waals surface area contributed by atoms with E-state index in [9.17, 15) is 4.79 Å². The number of carbonyl (C=O) groups excluding carboxylic acids is 1. The van der Waals surface area contributed by atoms with Gasteiger partial charge in [-0.1, -0.05) is 6.07 Å². The van der Waals surface area contributed by atoms with Gasteiger partial charge < -0.3 is 14.2 Å². The summed E-state index contributed by atoms with van der Waals surface area (Å²) in [6, 6.07) is 8.39. The van der Waals surface area contributed by atoms with Crippen LogP contribution in [-0.4, -0.2) is 43.4 Å². The van der Waals surface area contributed by atoms with Gasteiger partial charge in [0.15, 0.2) is 0 Å². The third-order valence-electron chi connectivity index (χ3n) is 6.31. The largest absolute Gasteiger partial charge is 0.381 e. The van der Waals surface area contributed by atoms with Gasteiger partial charge in [0.2, 0.25) is 5.91 Å². The Balaban J connectivity index is 1.52. The van der Waals surface area contributed by atoms with Crippen molar-refractivity contribution >= 4 is 5.91 Å². The van der Waals surface area contributed by atoms with Gasteiger partial charge in [0.25, 0.3) is 0 Å². The lowest BCUT2D eigenvalue weighted by atomic mass is 9.98. The molecule has 3 aromatic rings. The molecule has 0 radical (unpaired) electrons. The first-order valence-electron chi connectivity index (χ1n) is 11.1. The standard InChI is InChI=1S/C24H29N5O2/c1-17(2)29-10-6-21-22(29)16-27(24(30)18-7-11-31-12-8-18)13-19-14-28(26-23(19)21)15-20-5-3-4-9-25-20/h3-6,9-10,14,17-18H,7-8,11-13,15-16H2,1-2H3. The Morgan fingerprint density at radius 2 is 2.03 bits per heavy atom. The molecule has 1 amide bonds. The molecular formula is C24H29N5O2. The summed E-state index contributed by atoms with van der Waals surface area (Å²) in [4.78, 5) is 19.9. The first-order chi connectivity index (χ1) is 15.1. The molecule has 162 valence electrons. The lowest BCUT2D eigenvalue weighted by molar-refractivity contribution is -0.139. The van der Waals surface area contributed by atoms with Gasteiger partial charge in [-0.25, -0.2) is 0 Å². The van der Waals surface area contributed by atoms with Crippen molar-refractivity contribution in [3.8, 4) is 11.3 Å². The van der Waals surface area contributed by atoms with Crippen LogP contribution in [-0.2, 0) is 29.2 Å². The van der Waals surface area contributed by atoms with Crippen molar-refractivity contribution in [3.05, 3.63) is 59.8 Å². The van der Waals surface area contributed by atoms with E-state index >= 15 is 0 Å². The summed E-state index contributed by atoms with van der Waals surface area (Å²) < 4.78 is 9.70. The molecule has 2 aliphatic rings. The van der Waals surface area contributed by atoms with Crippen LogP contribution >= 0.6 is 0 Å². The van der Waals surface area contributed by atoms with Crippen molar-refractivity contribution in [3.63, 3.8) is 0 Å². The zero-order valence-electron chi connectivity index (χ0n) is 18.2. The number of aromatic nitrogens is 4. The first kappa shape index (κ1) is 20.0. The Hall–Kier alpha value is -2.93. The monoisotopic (exact) mass is 419 g/mol. The smallest absolute Gasteiger partial charge is 0.226 e. The maximum atomic E-state index is 13.5. The quantitative estimate of drug-likeness (QED) is 0.648. The van der Waals surface area contributed by atoms with Crippen molar-refractivity contribution in [1.82, 2.24) is 24.2 Å². The topological polar surface area (TPSA) is 65.2 Å². The molecule has 0 aromatic carbocycles.